The molecule has 5 heteroatoms. The van der Waals surface area contributed by atoms with E-state index < -0.39 is 12.7 Å². The lowest BCUT2D eigenvalue weighted by Gasteiger charge is -2.05. The maximum Gasteiger partial charge on any atom is 0.300 e. The standard InChI is InChI=1S/C10H12N2O3/c11-12-10(14)9(15-7-13)6-8-4-2-1-3-5-8/h1-6,13H,7,11H2,(H,12,14). The summed E-state index contributed by atoms with van der Waals surface area (Å²) in [5.41, 5.74) is 2.71. The van der Waals surface area contributed by atoms with Crippen LogP contribution in [0.3, 0.4) is 0 Å². The summed E-state index contributed by atoms with van der Waals surface area (Å²) < 4.78 is 4.72. The Labute approximate surface area is 87.1 Å². The zero-order valence-corrected chi connectivity index (χ0v) is 8.01. The van der Waals surface area contributed by atoms with Gasteiger partial charge in [0.15, 0.2) is 12.6 Å². The molecule has 0 aliphatic rings. The van der Waals surface area contributed by atoms with Gasteiger partial charge in [-0.05, 0) is 11.6 Å². The molecule has 1 aromatic carbocycles. The van der Waals surface area contributed by atoms with E-state index in [0.717, 1.165) is 5.56 Å². The molecule has 0 aliphatic heterocycles. The first-order valence-corrected chi connectivity index (χ1v) is 4.29. The molecule has 0 bridgehead atoms. The molecule has 1 amide bonds. The smallest absolute Gasteiger partial charge is 0.300 e. The van der Waals surface area contributed by atoms with Crippen molar-refractivity contribution in [2.75, 3.05) is 6.79 Å². The van der Waals surface area contributed by atoms with Gasteiger partial charge in [0.05, 0.1) is 0 Å². The Morgan fingerprint density at radius 3 is 2.67 bits per heavy atom. The van der Waals surface area contributed by atoms with E-state index in [1.54, 1.807) is 12.1 Å². The molecule has 5 nitrogen and oxygen atoms in total. The number of nitrogens with one attached hydrogen (secondary N) is 1. The Balaban J connectivity index is 2.88. The molecule has 1 rings (SSSR count). The number of carbonyl (C=O) groups excluding carboxylic acids is 1. The predicted octanol–water partition coefficient (Wildman–Crippen LogP) is -0.0162. The van der Waals surface area contributed by atoms with Gasteiger partial charge in [-0.2, -0.15) is 0 Å². The van der Waals surface area contributed by atoms with Gasteiger partial charge in [0, 0.05) is 0 Å². The number of carbonyl (C=O) groups is 1. The molecule has 0 atom stereocenters. The fourth-order valence-corrected chi connectivity index (χ4v) is 1.01. The minimum atomic E-state index is -0.590. The van der Waals surface area contributed by atoms with Crippen molar-refractivity contribution in [1.29, 1.82) is 0 Å². The molecule has 80 valence electrons. The number of hydrazine groups is 1. The average Bonchev–Trinajstić information content (AvgIpc) is 2.29. The Bertz CT molecular complexity index is 349. The van der Waals surface area contributed by atoms with Gasteiger partial charge >= 0.3 is 0 Å². The summed E-state index contributed by atoms with van der Waals surface area (Å²) in [4.78, 5) is 11.2. The van der Waals surface area contributed by atoms with Gasteiger partial charge in [0.25, 0.3) is 5.91 Å². The summed E-state index contributed by atoms with van der Waals surface area (Å²) in [7, 11) is 0. The molecule has 0 unspecified atom stereocenters. The maximum atomic E-state index is 11.2. The van der Waals surface area contributed by atoms with Crippen LogP contribution in [0.5, 0.6) is 0 Å². The number of benzene rings is 1. The van der Waals surface area contributed by atoms with Crippen molar-refractivity contribution in [1.82, 2.24) is 5.43 Å². The Kier molecular flexibility index (Phi) is 4.33. The number of aliphatic hydroxyl groups excluding tert-OH is 1. The van der Waals surface area contributed by atoms with E-state index in [2.05, 4.69) is 0 Å². The first kappa shape index (κ1) is 11.2. The van der Waals surface area contributed by atoms with Crippen molar-refractivity contribution in [3.8, 4) is 0 Å². The first-order valence-electron chi connectivity index (χ1n) is 4.29. The quantitative estimate of drug-likeness (QED) is 0.162. The zero-order chi connectivity index (χ0) is 11.1. The van der Waals surface area contributed by atoms with Crippen LogP contribution in [0.25, 0.3) is 6.08 Å². The van der Waals surface area contributed by atoms with E-state index in [0.29, 0.717) is 0 Å². The lowest BCUT2D eigenvalue weighted by Crippen LogP contribution is -2.32. The Morgan fingerprint density at radius 2 is 2.13 bits per heavy atom. The largest absolute Gasteiger partial charge is 0.462 e. The van der Waals surface area contributed by atoms with Crippen LogP contribution in [0, 0.1) is 0 Å². The number of rotatable bonds is 4. The normalized spacial score (nSPS) is 10.9. The molecule has 0 fully saturated rings. The first-order chi connectivity index (χ1) is 7.27. The van der Waals surface area contributed by atoms with Crippen molar-refractivity contribution in [3.63, 3.8) is 0 Å². The third-order valence-electron chi connectivity index (χ3n) is 1.67. The van der Waals surface area contributed by atoms with E-state index in [4.69, 9.17) is 15.7 Å². The summed E-state index contributed by atoms with van der Waals surface area (Å²) in [6, 6.07) is 9.09. The Hall–Kier alpha value is -1.85. The van der Waals surface area contributed by atoms with Gasteiger partial charge in [-0.1, -0.05) is 30.3 Å². The SMILES string of the molecule is NNC(=O)C(=Cc1ccccc1)OCO. The van der Waals surface area contributed by atoms with Crippen molar-refractivity contribution in [2.45, 2.75) is 0 Å². The van der Waals surface area contributed by atoms with E-state index in [1.807, 2.05) is 23.6 Å². The van der Waals surface area contributed by atoms with Crippen LogP contribution in [0.4, 0.5) is 0 Å². The van der Waals surface area contributed by atoms with E-state index >= 15 is 0 Å². The van der Waals surface area contributed by atoms with Crippen molar-refractivity contribution in [2.24, 2.45) is 5.84 Å². The number of hydrogen-bond donors (Lipinski definition) is 3. The van der Waals surface area contributed by atoms with Gasteiger partial charge in [-0.15, -0.1) is 0 Å². The van der Waals surface area contributed by atoms with Crippen molar-refractivity contribution < 1.29 is 14.6 Å². The highest BCUT2D eigenvalue weighted by Crippen LogP contribution is 2.07. The summed E-state index contributed by atoms with van der Waals surface area (Å²) in [6.07, 6.45) is 1.48. The van der Waals surface area contributed by atoms with Crippen LogP contribution in [0.2, 0.25) is 0 Å². The van der Waals surface area contributed by atoms with Gasteiger partial charge < -0.3 is 9.84 Å². The summed E-state index contributed by atoms with van der Waals surface area (Å²) in [6.45, 7) is -0.577. The highest BCUT2D eigenvalue weighted by molar-refractivity contribution is 5.95. The summed E-state index contributed by atoms with van der Waals surface area (Å²) >= 11 is 0. The van der Waals surface area contributed by atoms with Crippen molar-refractivity contribution >= 4 is 12.0 Å². The van der Waals surface area contributed by atoms with Crippen molar-refractivity contribution in [3.05, 3.63) is 41.7 Å². The molecule has 0 radical (unpaired) electrons. The highest BCUT2D eigenvalue weighted by atomic mass is 16.6. The second kappa shape index (κ2) is 5.79. The van der Waals surface area contributed by atoms with Crippen LogP contribution in [0.15, 0.2) is 36.1 Å². The number of amides is 1. The molecule has 4 N–H and O–H groups in total. The van der Waals surface area contributed by atoms with E-state index in [9.17, 15) is 4.79 Å². The van der Waals surface area contributed by atoms with Crippen LogP contribution < -0.4 is 11.3 Å². The van der Waals surface area contributed by atoms with Crippen LogP contribution in [-0.4, -0.2) is 17.8 Å². The third-order valence-corrected chi connectivity index (χ3v) is 1.67. The van der Waals surface area contributed by atoms with Gasteiger partial charge in [0.1, 0.15) is 0 Å². The highest BCUT2D eigenvalue weighted by Gasteiger charge is 2.08. The van der Waals surface area contributed by atoms with Gasteiger partial charge in [0.2, 0.25) is 0 Å². The monoisotopic (exact) mass is 208 g/mol. The van der Waals surface area contributed by atoms with E-state index in [1.165, 1.54) is 6.08 Å². The summed E-state index contributed by atoms with van der Waals surface area (Å²) in [5.74, 6) is 4.33. The average molecular weight is 208 g/mol. The molecule has 15 heavy (non-hydrogen) atoms. The maximum absolute atomic E-state index is 11.2. The minimum Gasteiger partial charge on any atom is -0.462 e. The van der Waals surface area contributed by atoms with E-state index in [-0.39, 0.29) is 5.76 Å². The molecule has 1 aromatic rings. The molecular formula is C10H12N2O3. The molecule has 0 aliphatic carbocycles. The molecule has 0 heterocycles. The number of ether oxygens (including phenoxy) is 1. The fourth-order valence-electron chi connectivity index (χ4n) is 1.01. The Morgan fingerprint density at radius 1 is 1.47 bits per heavy atom. The molecule has 0 spiro atoms. The van der Waals surface area contributed by atoms with Crippen LogP contribution in [-0.2, 0) is 9.53 Å². The lowest BCUT2D eigenvalue weighted by atomic mass is 10.2. The molecular weight excluding hydrogens is 196 g/mol. The number of hydrogen-bond acceptors (Lipinski definition) is 4. The number of aliphatic hydroxyl groups is 1. The molecule has 0 saturated carbocycles. The second-order valence-electron chi connectivity index (χ2n) is 2.67. The lowest BCUT2D eigenvalue weighted by molar-refractivity contribution is -0.122. The summed E-state index contributed by atoms with van der Waals surface area (Å²) in [5, 5.41) is 8.58. The van der Waals surface area contributed by atoms with Crippen LogP contribution >= 0.6 is 0 Å². The molecule has 0 saturated heterocycles. The van der Waals surface area contributed by atoms with Crippen LogP contribution in [0.1, 0.15) is 5.56 Å². The number of nitrogens with two attached hydrogens (primary N) is 1. The van der Waals surface area contributed by atoms with Gasteiger partial charge in [-0.25, -0.2) is 5.84 Å². The second-order valence-corrected chi connectivity index (χ2v) is 2.67. The minimum absolute atomic E-state index is 0.0359. The van der Waals surface area contributed by atoms with Gasteiger partial charge in [-0.3, -0.25) is 10.2 Å². The third kappa shape index (κ3) is 3.41. The predicted molar refractivity (Wildman–Crippen MR) is 54.9 cm³/mol. The zero-order valence-electron chi connectivity index (χ0n) is 8.01. The topological polar surface area (TPSA) is 84.6 Å². The molecule has 0 aromatic heterocycles. The fraction of sp³-hybridized carbons (Fsp3) is 0.100.